The van der Waals surface area contributed by atoms with Crippen LogP contribution in [0.4, 0.5) is 0 Å². The first kappa shape index (κ1) is 12.3. The van der Waals surface area contributed by atoms with E-state index in [0.29, 0.717) is 35.8 Å². The number of ether oxygens (including phenoxy) is 1. The van der Waals surface area contributed by atoms with E-state index in [2.05, 4.69) is 20.3 Å². The fraction of sp³-hybridized carbons (Fsp3) is 0.667. The molecule has 0 N–H and O–H groups in total. The van der Waals surface area contributed by atoms with Crippen LogP contribution in [-0.4, -0.2) is 33.5 Å². The van der Waals surface area contributed by atoms with Gasteiger partial charge in [-0.05, 0) is 18.8 Å². The molecule has 3 heterocycles. The second kappa shape index (κ2) is 5.48. The summed E-state index contributed by atoms with van der Waals surface area (Å²) in [6.45, 7) is 3.41. The Hall–Kier alpha value is -1.76. The maximum Gasteiger partial charge on any atom is 0.226 e. The molecule has 0 amide bonds. The van der Waals surface area contributed by atoms with Gasteiger partial charge in [0.15, 0.2) is 11.6 Å². The number of rotatable bonds is 4. The lowest BCUT2D eigenvalue weighted by molar-refractivity contribution is 0.0642. The summed E-state index contributed by atoms with van der Waals surface area (Å²) in [4.78, 5) is 8.48. The molecule has 0 aromatic carbocycles. The molecule has 2 aromatic heterocycles. The van der Waals surface area contributed by atoms with Crippen LogP contribution in [0.3, 0.4) is 0 Å². The first-order valence-electron chi connectivity index (χ1n) is 6.48. The molecule has 2 aromatic rings. The van der Waals surface area contributed by atoms with E-state index in [1.54, 1.807) is 6.92 Å². The summed E-state index contributed by atoms with van der Waals surface area (Å²) < 4.78 is 15.5. The highest BCUT2D eigenvalue weighted by Gasteiger charge is 2.18. The molecular formula is C12H16N4O3. The van der Waals surface area contributed by atoms with E-state index in [9.17, 15) is 0 Å². The molecule has 0 aliphatic carbocycles. The van der Waals surface area contributed by atoms with Crippen molar-refractivity contribution in [2.24, 2.45) is 5.92 Å². The zero-order valence-corrected chi connectivity index (χ0v) is 10.8. The molecule has 0 atom stereocenters. The summed E-state index contributed by atoms with van der Waals surface area (Å²) in [6.07, 6.45) is 3.37. The number of aryl methyl sites for hydroxylation is 1. The van der Waals surface area contributed by atoms with E-state index in [1.807, 2.05) is 0 Å². The number of hydrogen-bond acceptors (Lipinski definition) is 7. The highest BCUT2D eigenvalue weighted by Crippen LogP contribution is 2.19. The zero-order chi connectivity index (χ0) is 13.1. The average Bonchev–Trinajstić information content (AvgIpc) is 3.01. The van der Waals surface area contributed by atoms with Gasteiger partial charge in [-0.2, -0.15) is 9.97 Å². The summed E-state index contributed by atoms with van der Waals surface area (Å²) in [5, 5.41) is 7.76. The molecule has 1 aliphatic heterocycles. The Balaban J connectivity index is 1.59. The van der Waals surface area contributed by atoms with E-state index < -0.39 is 0 Å². The fourth-order valence-corrected chi connectivity index (χ4v) is 2.20. The Kier molecular flexibility index (Phi) is 3.54. The molecule has 0 saturated carbocycles. The lowest BCUT2D eigenvalue weighted by Crippen LogP contribution is -2.17. The molecular weight excluding hydrogens is 248 g/mol. The van der Waals surface area contributed by atoms with Crippen LogP contribution in [0.1, 0.15) is 36.3 Å². The fourth-order valence-electron chi connectivity index (χ4n) is 2.20. The number of aromatic nitrogens is 4. The van der Waals surface area contributed by atoms with Gasteiger partial charge in [0.1, 0.15) is 0 Å². The van der Waals surface area contributed by atoms with Gasteiger partial charge < -0.3 is 13.8 Å². The van der Waals surface area contributed by atoms with Gasteiger partial charge >= 0.3 is 0 Å². The van der Waals surface area contributed by atoms with Crippen molar-refractivity contribution < 1.29 is 13.8 Å². The topological polar surface area (TPSA) is 87.1 Å². The molecule has 19 heavy (non-hydrogen) atoms. The average molecular weight is 264 g/mol. The van der Waals surface area contributed by atoms with Crippen molar-refractivity contribution in [2.75, 3.05) is 13.2 Å². The van der Waals surface area contributed by atoms with Gasteiger partial charge in [0.2, 0.25) is 11.8 Å². The third-order valence-electron chi connectivity index (χ3n) is 3.20. The third-order valence-corrected chi connectivity index (χ3v) is 3.20. The Bertz CT molecular complexity index is 531. The first-order valence-corrected chi connectivity index (χ1v) is 6.48. The molecule has 0 unspecified atom stereocenters. The molecule has 1 aliphatic rings. The van der Waals surface area contributed by atoms with Crippen LogP contribution in [0, 0.1) is 12.8 Å². The normalized spacial score (nSPS) is 16.9. The maximum absolute atomic E-state index is 5.33. The standard InChI is InChI=1S/C12H16N4O3/c1-8-13-10(15-18-8)7-11-14-12(19-16-11)6-9-2-4-17-5-3-9/h9H,2-7H2,1H3. The minimum absolute atomic E-state index is 0.439. The van der Waals surface area contributed by atoms with Crippen molar-refractivity contribution in [2.45, 2.75) is 32.6 Å². The van der Waals surface area contributed by atoms with Crippen molar-refractivity contribution in [3.8, 4) is 0 Å². The molecule has 7 heteroatoms. The van der Waals surface area contributed by atoms with Gasteiger partial charge in [-0.3, -0.25) is 0 Å². The number of hydrogen-bond donors (Lipinski definition) is 0. The molecule has 0 bridgehead atoms. The third kappa shape index (κ3) is 3.17. The molecule has 102 valence electrons. The minimum Gasteiger partial charge on any atom is -0.381 e. The van der Waals surface area contributed by atoms with Gasteiger partial charge in [0, 0.05) is 26.6 Å². The SMILES string of the molecule is Cc1nc(Cc2noc(CC3CCOCC3)n2)no1. The predicted octanol–water partition coefficient (Wildman–Crippen LogP) is 1.32. The first-order chi connectivity index (χ1) is 9.29. The second-order valence-electron chi connectivity index (χ2n) is 4.77. The molecule has 7 nitrogen and oxygen atoms in total. The maximum atomic E-state index is 5.33. The minimum atomic E-state index is 0.439. The van der Waals surface area contributed by atoms with Crippen molar-refractivity contribution in [1.29, 1.82) is 0 Å². The van der Waals surface area contributed by atoms with Gasteiger partial charge in [-0.25, -0.2) is 0 Å². The Labute approximate surface area is 110 Å². The smallest absolute Gasteiger partial charge is 0.226 e. The quantitative estimate of drug-likeness (QED) is 0.822. The summed E-state index contributed by atoms with van der Waals surface area (Å²) in [5.74, 6) is 2.98. The van der Waals surface area contributed by atoms with Crippen LogP contribution >= 0.6 is 0 Å². The second-order valence-corrected chi connectivity index (χ2v) is 4.77. The monoisotopic (exact) mass is 264 g/mol. The Morgan fingerprint density at radius 2 is 1.79 bits per heavy atom. The van der Waals surface area contributed by atoms with Crippen molar-refractivity contribution in [1.82, 2.24) is 20.3 Å². The summed E-state index contributed by atoms with van der Waals surface area (Å²) in [7, 11) is 0. The molecule has 3 rings (SSSR count). The van der Waals surface area contributed by atoms with Gasteiger partial charge in [-0.1, -0.05) is 10.3 Å². The predicted molar refractivity (Wildman–Crippen MR) is 63.4 cm³/mol. The number of nitrogens with zero attached hydrogens (tertiary/aromatic N) is 4. The van der Waals surface area contributed by atoms with Crippen LogP contribution in [0.15, 0.2) is 9.05 Å². The van der Waals surface area contributed by atoms with Crippen molar-refractivity contribution in [3.63, 3.8) is 0 Å². The van der Waals surface area contributed by atoms with Crippen molar-refractivity contribution >= 4 is 0 Å². The molecule has 0 spiro atoms. The molecule has 0 radical (unpaired) electrons. The Morgan fingerprint density at radius 1 is 1.05 bits per heavy atom. The Morgan fingerprint density at radius 3 is 2.53 bits per heavy atom. The van der Waals surface area contributed by atoms with Crippen LogP contribution in [0.2, 0.25) is 0 Å². The van der Waals surface area contributed by atoms with Crippen molar-refractivity contribution in [3.05, 3.63) is 23.4 Å². The van der Waals surface area contributed by atoms with Gasteiger partial charge in [0.05, 0.1) is 6.42 Å². The lowest BCUT2D eigenvalue weighted by Gasteiger charge is -2.19. The van der Waals surface area contributed by atoms with E-state index >= 15 is 0 Å². The van der Waals surface area contributed by atoms with E-state index in [-0.39, 0.29) is 0 Å². The van der Waals surface area contributed by atoms with E-state index in [1.165, 1.54) is 0 Å². The van der Waals surface area contributed by atoms with E-state index in [4.69, 9.17) is 13.8 Å². The van der Waals surface area contributed by atoms with Crippen LogP contribution in [-0.2, 0) is 17.6 Å². The van der Waals surface area contributed by atoms with Crippen LogP contribution in [0.5, 0.6) is 0 Å². The van der Waals surface area contributed by atoms with Crippen LogP contribution < -0.4 is 0 Å². The zero-order valence-electron chi connectivity index (χ0n) is 10.8. The van der Waals surface area contributed by atoms with Crippen LogP contribution in [0.25, 0.3) is 0 Å². The highest BCUT2D eigenvalue weighted by molar-refractivity contribution is 4.98. The summed E-state index contributed by atoms with van der Waals surface area (Å²) in [5.41, 5.74) is 0. The van der Waals surface area contributed by atoms with E-state index in [0.717, 1.165) is 32.5 Å². The lowest BCUT2D eigenvalue weighted by atomic mass is 9.97. The summed E-state index contributed by atoms with van der Waals surface area (Å²) >= 11 is 0. The largest absolute Gasteiger partial charge is 0.381 e. The highest BCUT2D eigenvalue weighted by atomic mass is 16.5. The van der Waals surface area contributed by atoms with Gasteiger partial charge in [0.25, 0.3) is 0 Å². The summed E-state index contributed by atoms with van der Waals surface area (Å²) in [6, 6.07) is 0. The van der Waals surface area contributed by atoms with Gasteiger partial charge in [-0.15, -0.1) is 0 Å². The molecule has 1 saturated heterocycles. The molecule has 1 fully saturated rings.